The Morgan fingerprint density at radius 3 is 2.50 bits per heavy atom. The van der Waals surface area contributed by atoms with Gasteiger partial charge in [0.05, 0.1) is 0 Å². The lowest BCUT2D eigenvalue weighted by atomic mass is 9.80. The molecule has 40 heavy (non-hydrogen) atoms. The number of nitrogens with zero attached hydrogens (tertiary/aromatic N) is 5. The first-order valence-corrected chi connectivity index (χ1v) is 14.2. The van der Waals surface area contributed by atoms with E-state index in [1.165, 1.54) is 6.42 Å². The van der Waals surface area contributed by atoms with Crippen molar-refractivity contribution in [2.45, 2.75) is 77.0 Å². The van der Waals surface area contributed by atoms with E-state index in [2.05, 4.69) is 44.4 Å². The second-order valence-electron chi connectivity index (χ2n) is 11.5. The van der Waals surface area contributed by atoms with Crippen molar-refractivity contribution in [3.05, 3.63) is 60.2 Å². The molecule has 0 spiro atoms. The van der Waals surface area contributed by atoms with Gasteiger partial charge in [-0.2, -0.15) is 4.99 Å². The summed E-state index contributed by atoms with van der Waals surface area (Å²) in [5, 5.41) is 24.7. The van der Waals surface area contributed by atoms with Crippen molar-refractivity contribution in [1.29, 1.82) is 0 Å². The van der Waals surface area contributed by atoms with Crippen LogP contribution in [0.4, 0.5) is 10.6 Å². The molecular formula is C30H39N7O3. The number of hydrogen-bond donors (Lipinski definition) is 4. The number of anilines is 1. The third-order valence-corrected chi connectivity index (χ3v) is 8.71. The summed E-state index contributed by atoms with van der Waals surface area (Å²) in [6.07, 6.45) is 8.35. The van der Waals surface area contributed by atoms with E-state index in [0.29, 0.717) is 52.7 Å². The lowest BCUT2D eigenvalue weighted by Gasteiger charge is -2.33. The Balaban J connectivity index is 1.68. The van der Waals surface area contributed by atoms with E-state index in [-0.39, 0.29) is 17.7 Å². The molecule has 10 nitrogen and oxygen atoms in total. The second kappa shape index (κ2) is 11.4. The zero-order valence-electron chi connectivity index (χ0n) is 23.3. The Hall–Kier alpha value is -3.79. The van der Waals surface area contributed by atoms with E-state index in [1.807, 2.05) is 30.3 Å². The first kappa shape index (κ1) is 27.8. The number of carboxylic acid groups (broad SMARTS) is 1. The van der Waals surface area contributed by atoms with E-state index in [1.54, 1.807) is 6.92 Å². The van der Waals surface area contributed by atoms with Crippen LogP contribution in [0.1, 0.15) is 76.0 Å². The number of hydrogen-bond acceptors (Lipinski definition) is 6. The number of aromatic nitrogens is 4. The highest BCUT2D eigenvalue weighted by atomic mass is 16.4. The van der Waals surface area contributed by atoms with Gasteiger partial charge in [-0.25, -0.2) is 19.7 Å². The summed E-state index contributed by atoms with van der Waals surface area (Å²) in [6, 6.07) is 9.58. The third kappa shape index (κ3) is 5.58. The molecule has 2 fully saturated rings. The molecule has 2 aliphatic carbocycles. The molecule has 0 saturated heterocycles. The van der Waals surface area contributed by atoms with E-state index < -0.39 is 11.7 Å². The standard InChI is InChI=1S/C30H39N7O3/c1-4-19-13-15-20(16-14-19)17-37-23-25(32-18(2)21-9-8-10-21)34-27(24(31)33-29(38)39)35-26(23)36-28(37)30(3,40)22-11-6-5-7-12-22/h4-7,11-12,18-21,40H,1,8-10,13-17H2,2-3H3,(H2,31,33)(H,38,39)(H,32,34,35). The number of amidine groups is 1. The lowest BCUT2D eigenvalue weighted by Crippen LogP contribution is -2.32. The smallest absolute Gasteiger partial charge is 0.433 e. The van der Waals surface area contributed by atoms with Gasteiger partial charge in [-0.3, -0.25) is 0 Å². The monoisotopic (exact) mass is 545 g/mol. The number of allylic oxidation sites excluding steroid dienone is 1. The van der Waals surface area contributed by atoms with Crippen LogP contribution >= 0.6 is 0 Å². The van der Waals surface area contributed by atoms with Gasteiger partial charge in [0.25, 0.3) is 0 Å². The van der Waals surface area contributed by atoms with Crippen molar-refractivity contribution in [2.75, 3.05) is 5.32 Å². The largest absolute Gasteiger partial charge is 0.463 e. The fourth-order valence-corrected chi connectivity index (χ4v) is 5.98. The van der Waals surface area contributed by atoms with Crippen LogP contribution in [-0.2, 0) is 12.1 Å². The molecular weight excluding hydrogens is 506 g/mol. The maximum absolute atomic E-state index is 12.0. The normalized spacial score (nSPS) is 22.3. The number of carbonyl (C=O) groups is 1. The molecule has 2 saturated carbocycles. The molecule has 3 aromatic rings. The summed E-state index contributed by atoms with van der Waals surface area (Å²) in [7, 11) is 0. The predicted octanol–water partition coefficient (Wildman–Crippen LogP) is 5.06. The lowest BCUT2D eigenvalue weighted by molar-refractivity contribution is 0.0867. The van der Waals surface area contributed by atoms with Crippen LogP contribution in [0.5, 0.6) is 0 Å². The maximum atomic E-state index is 12.0. The number of fused-ring (bicyclic) bond motifs is 1. The summed E-state index contributed by atoms with van der Waals surface area (Å²) in [5.74, 6) is 2.09. The molecule has 212 valence electrons. The van der Waals surface area contributed by atoms with Crippen molar-refractivity contribution < 1.29 is 15.0 Å². The SMILES string of the molecule is C=CC1CCC(Cn2c(C(C)(O)c3ccccc3)nc3nc(C(N)=NC(=O)O)nc(NC(C)C4CCC4)c32)CC1. The van der Waals surface area contributed by atoms with Crippen LogP contribution in [0.15, 0.2) is 48.0 Å². The molecule has 1 amide bonds. The number of amides is 1. The van der Waals surface area contributed by atoms with Crippen molar-refractivity contribution in [1.82, 2.24) is 19.5 Å². The summed E-state index contributed by atoms with van der Waals surface area (Å²) in [6.45, 7) is 8.50. The Morgan fingerprint density at radius 1 is 1.20 bits per heavy atom. The minimum atomic E-state index is -1.42. The number of nitrogens with two attached hydrogens (primary N) is 1. The predicted molar refractivity (Wildman–Crippen MR) is 155 cm³/mol. The van der Waals surface area contributed by atoms with Crippen LogP contribution in [0, 0.1) is 17.8 Å². The average molecular weight is 546 g/mol. The first-order chi connectivity index (χ1) is 19.2. The molecule has 2 atom stereocenters. The van der Waals surface area contributed by atoms with Crippen LogP contribution in [0.2, 0.25) is 0 Å². The zero-order valence-corrected chi connectivity index (χ0v) is 23.3. The molecule has 10 heteroatoms. The van der Waals surface area contributed by atoms with Crippen molar-refractivity contribution >= 4 is 28.9 Å². The molecule has 0 radical (unpaired) electrons. The highest BCUT2D eigenvalue weighted by Crippen LogP contribution is 2.38. The highest BCUT2D eigenvalue weighted by Gasteiger charge is 2.35. The summed E-state index contributed by atoms with van der Waals surface area (Å²) in [5.41, 5.74) is 6.31. The molecule has 1 aromatic carbocycles. The van der Waals surface area contributed by atoms with Crippen molar-refractivity contribution in [3.63, 3.8) is 0 Å². The van der Waals surface area contributed by atoms with Crippen LogP contribution in [-0.4, -0.2) is 47.7 Å². The second-order valence-corrected chi connectivity index (χ2v) is 11.5. The summed E-state index contributed by atoms with van der Waals surface area (Å²) < 4.78 is 2.06. The Kier molecular flexibility index (Phi) is 7.89. The van der Waals surface area contributed by atoms with Gasteiger partial charge in [-0.05, 0) is 75.7 Å². The first-order valence-electron chi connectivity index (χ1n) is 14.2. The summed E-state index contributed by atoms with van der Waals surface area (Å²) in [4.78, 5) is 28.8. The van der Waals surface area contributed by atoms with Gasteiger partial charge in [0.2, 0.25) is 0 Å². The average Bonchev–Trinajstić information content (AvgIpc) is 3.27. The topological polar surface area (TPSA) is 152 Å². The highest BCUT2D eigenvalue weighted by molar-refractivity contribution is 6.01. The van der Waals surface area contributed by atoms with Gasteiger partial charge >= 0.3 is 6.09 Å². The van der Waals surface area contributed by atoms with Crippen molar-refractivity contribution in [3.8, 4) is 0 Å². The molecule has 5 N–H and O–H groups in total. The van der Waals surface area contributed by atoms with Crippen LogP contribution in [0.25, 0.3) is 11.2 Å². The third-order valence-electron chi connectivity index (χ3n) is 8.71. The Bertz CT molecular complexity index is 1400. The fourth-order valence-electron chi connectivity index (χ4n) is 5.98. The molecule has 0 aliphatic heterocycles. The molecule has 2 unspecified atom stereocenters. The number of nitrogens with one attached hydrogen (secondary N) is 1. The number of imidazole rings is 1. The quantitative estimate of drug-likeness (QED) is 0.165. The Labute approximate surface area is 234 Å². The van der Waals surface area contributed by atoms with Gasteiger partial charge in [0.15, 0.2) is 23.1 Å². The molecule has 2 aromatic heterocycles. The van der Waals surface area contributed by atoms with Gasteiger partial charge < -0.3 is 25.8 Å². The van der Waals surface area contributed by atoms with E-state index in [4.69, 9.17) is 10.7 Å². The minimum Gasteiger partial charge on any atom is -0.463 e. The number of aliphatic hydroxyl groups is 1. The molecule has 2 heterocycles. The van der Waals surface area contributed by atoms with E-state index in [9.17, 15) is 15.0 Å². The van der Waals surface area contributed by atoms with Crippen LogP contribution < -0.4 is 11.1 Å². The summed E-state index contributed by atoms with van der Waals surface area (Å²) >= 11 is 0. The fraction of sp³-hybridized carbons (Fsp3) is 0.500. The molecule has 5 rings (SSSR count). The van der Waals surface area contributed by atoms with E-state index >= 15 is 0 Å². The number of benzene rings is 1. The van der Waals surface area contributed by atoms with Crippen molar-refractivity contribution in [2.24, 2.45) is 28.5 Å². The van der Waals surface area contributed by atoms with Gasteiger partial charge in [0, 0.05) is 12.6 Å². The maximum Gasteiger partial charge on any atom is 0.433 e. The van der Waals surface area contributed by atoms with E-state index in [0.717, 1.165) is 38.5 Å². The zero-order chi connectivity index (χ0) is 28.4. The number of rotatable bonds is 9. The Morgan fingerprint density at radius 2 is 1.90 bits per heavy atom. The van der Waals surface area contributed by atoms with Gasteiger partial charge in [-0.15, -0.1) is 6.58 Å². The van der Waals surface area contributed by atoms with Gasteiger partial charge in [0.1, 0.15) is 16.9 Å². The van der Waals surface area contributed by atoms with Crippen LogP contribution in [0.3, 0.4) is 0 Å². The minimum absolute atomic E-state index is 0.0137. The number of aliphatic imine (C=N–C) groups is 1. The van der Waals surface area contributed by atoms with Gasteiger partial charge in [-0.1, -0.05) is 42.8 Å². The molecule has 0 bridgehead atoms. The molecule has 2 aliphatic rings.